The molecular formula is C12H15BrF3NO. The van der Waals surface area contributed by atoms with Crippen LogP contribution in [0, 0.1) is 13.8 Å². The van der Waals surface area contributed by atoms with Crippen molar-refractivity contribution in [2.45, 2.75) is 44.7 Å². The number of carbonyl (C=O) groups is 1. The zero-order valence-corrected chi connectivity index (χ0v) is 12.0. The molecule has 1 atom stereocenters. The van der Waals surface area contributed by atoms with Crippen LogP contribution in [0.4, 0.5) is 13.2 Å². The van der Waals surface area contributed by atoms with Crippen molar-refractivity contribution in [2.75, 3.05) is 0 Å². The average molecular weight is 326 g/mol. The number of Topliss-reactive ketones (excluding diaryl/α,β-unsaturated/α-hetero) is 1. The minimum Gasteiger partial charge on any atom is -0.339 e. The number of ketones is 1. The Kier molecular flexibility index (Phi) is 4.64. The maximum absolute atomic E-state index is 12.4. The van der Waals surface area contributed by atoms with Crippen LogP contribution in [0.3, 0.4) is 0 Å². The topological polar surface area (TPSA) is 22.0 Å². The molecule has 6 heteroatoms. The fourth-order valence-corrected chi connectivity index (χ4v) is 2.07. The van der Waals surface area contributed by atoms with E-state index in [1.807, 2.05) is 6.92 Å². The number of nitrogens with zero attached hydrogens (tertiary/aromatic N) is 1. The Morgan fingerprint density at radius 3 is 2.44 bits per heavy atom. The third-order valence-corrected chi connectivity index (χ3v) is 3.88. The van der Waals surface area contributed by atoms with E-state index in [9.17, 15) is 18.0 Å². The van der Waals surface area contributed by atoms with Crippen LogP contribution in [-0.4, -0.2) is 21.4 Å². The molecule has 1 unspecified atom stereocenters. The first-order chi connectivity index (χ1) is 8.17. The molecule has 0 saturated heterocycles. The Labute approximate surface area is 112 Å². The molecular weight excluding hydrogens is 311 g/mol. The lowest BCUT2D eigenvalue weighted by Crippen LogP contribution is -2.20. The van der Waals surface area contributed by atoms with Gasteiger partial charge >= 0.3 is 6.18 Å². The van der Waals surface area contributed by atoms with Crippen molar-refractivity contribution >= 4 is 21.7 Å². The van der Waals surface area contributed by atoms with Crippen molar-refractivity contribution in [2.24, 2.45) is 0 Å². The summed E-state index contributed by atoms with van der Waals surface area (Å²) < 4.78 is 38.4. The van der Waals surface area contributed by atoms with Crippen LogP contribution in [0.25, 0.3) is 0 Å². The molecule has 0 aromatic carbocycles. The van der Waals surface area contributed by atoms with Crippen LogP contribution in [0.2, 0.25) is 0 Å². The highest BCUT2D eigenvalue weighted by Gasteiger charge is 2.30. The minimum absolute atomic E-state index is 0.168. The number of hydrogen-bond donors (Lipinski definition) is 0. The van der Waals surface area contributed by atoms with Gasteiger partial charge in [-0.2, -0.15) is 13.2 Å². The van der Waals surface area contributed by atoms with Gasteiger partial charge in [0, 0.05) is 17.0 Å². The minimum atomic E-state index is -4.28. The van der Waals surface area contributed by atoms with Gasteiger partial charge in [0.05, 0.1) is 4.83 Å². The van der Waals surface area contributed by atoms with Gasteiger partial charge in [0.25, 0.3) is 0 Å². The molecule has 1 heterocycles. The molecule has 1 rings (SSSR count). The average Bonchev–Trinajstić information content (AvgIpc) is 2.53. The number of hydrogen-bond acceptors (Lipinski definition) is 1. The number of aromatic nitrogens is 1. The Bertz CT molecular complexity index is 451. The third kappa shape index (κ3) is 3.37. The van der Waals surface area contributed by atoms with E-state index in [0.717, 1.165) is 4.57 Å². The zero-order chi connectivity index (χ0) is 14.1. The molecule has 0 N–H and O–H groups in total. The number of rotatable bonds is 4. The van der Waals surface area contributed by atoms with Gasteiger partial charge in [-0.15, -0.1) is 0 Å². The van der Waals surface area contributed by atoms with Gasteiger partial charge in [-0.3, -0.25) is 4.79 Å². The van der Waals surface area contributed by atoms with E-state index in [-0.39, 0.29) is 10.6 Å². The van der Waals surface area contributed by atoms with Crippen LogP contribution in [0.5, 0.6) is 0 Å². The summed E-state index contributed by atoms with van der Waals surface area (Å²) in [5.41, 5.74) is 1.18. The second-order valence-electron chi connectivity index (χ2n) is 4.23. The Hall–Kier alpha value is -0.780. The Balaban J connectivity index is 3.12. The van der Waals surface area contributed by atoms with Gasteiger partial charge in [-0.1, -0.05) is 22.9 Å². The molecule has 0 spiro atoms. The van der Waals surface area contributed by atoms with Gasteiger partial charge < -0.3 is 4.57 Å². The SMILES string of the molecule is CCC(Br)C(=O)c1cc(C)n(CC(F)(F)F)c1C. The predicted octanol–water partition coefficient (Wildman–Crippen LogP) is 4.02. The quantitative estimate of drug-likeness (QED) is 0.605. The normalized spacial score (nSPS) is 13.7. The molecule has 0 bridgehead atoms. The summed E-state index contributed by atoms with van der Waals surface area (Å²) in [5, 5.41) is 0. The van der Waals surface area contributed by atoms with E-state index < -0.39 is 12.7 Å². The molecule has 0 aliphatic rings. The highest BCUT2D eigenvalue weighted by molar-refractivity contribution is 9.10. The molecule has 2 nitrogen and oxygen atoms in total. The van der Waals surface area contributed by atoms with Gasteiger partial charge in [-0.05, 0) is 26.3 Å². The fraction of sp³-hybridized carbons (Fsp3) is 0.583. The van der Waals surface area contributed by atoms with Crippen molar-refractivity contribution < 1.29 is 18.0 Å². The molecule has 0 radical (unpaired) electrons. The lowest BCUT2D eigenvalue weighted by atomic mass is 10.1. The van der Waals surface area contributed by atoms with E-state index in [0.29, 0.717) is 23.4 Å². The standard InChI is InChI=1S/C12H15BrF3NO/c1-4-10(13)11(18)9-5-7(2)17(8(9)3)6-12(14,15)16/h5,10H,4,6H2,1-3H3. The third-order valence-electron chi connectivity index (χ3n) is 2.82. The van der Waals surface area contributed by atoms with E-state index >= 15 is 0 Å². The lowest BCUT2D eigenvalue weighted by molar-refractivity contribution is -0.141. The van der Waals surface area contributed by atoms with Crippen LogP contribution in [0.15, 0.2) is 6.07 Å². The van der Waals surface area contributed by atoms with E-state index in [1.165, 1.54) is 6.07 Å². The van der Waals surface area contributed by atoms with Crippen LogP contribution in [0.1, 0.15) is 35.1 Å². The summed E-state index contributed by atoms with van der Waals surface area (Å²) in [5.74, 6) is -0.168. The van der Waals surface area contributed by atoms with Crippen LogP contribution in [-0.2, 0) is 6.54 Å². The molecule has 1 aromatic rings. The highest BCUT2D eigenvalue weighted by Crippen LogP contribution is 2.25. The molecule has 1 aromatic heterocycles. The number of halogens is 4. The molecule has 0 aliphatic carbocycles. The van der Waals surface area contributed by atoms with Gasteiger partial charge in [-0.25, -0.2) is 0 Å². The van der Waals surface area contributed by atoms with Crippen molar-refractivity contribution in [1.29, 1.82) is 0 Å². The largest absolute Gasteiger partial charge is 0.406 e. The number of carbonyl (C=O) groups excluding carboxylic acids is 1. The lowest BCUT2D eigenvalue weighted by Gasteiger charge is -2.12. The Morgan fingerprint density at radius 2 is 2.00 bits per heavy atom. The highest BCUT2D eigenvalue weighted by atomic mass is 79.9. The maximum Gasteiger partial charge on any atom is 0.406 e. The first kappa shape index (κ1) is 15.3. The van der Waals surface area contributed by atoms with Gasteiger partial charge in [0.2, 0.25) is 0 Å². The summed E-state index contributed by atoms with van der Waals surface area (Å²) in [6.07, 6.45) is -3.69. The maximum atomic E-state index is 12.4. The molecule has 0 saturated carbocycles. The fourth-order valence-electron chi connectivity index (χ4n) is 1.83. The van der Waals surface area contributed by atoms with Crippen LogP contribution >= 0.6 is 15.9 Å². The Morgan fingerprint density at radius 1 is 1.44 bits per heavy atom. The summed E-state index contributed by atoms with van der Waals surface area (Å²) in [6, 6.07) is 1.52. The van der Waals surface area contributed by atoms with Crippen molar-refractivity contribution in [3.63, 3.8) is 0 Å². The summed E-state index contributed by atoms with van der Waals surface area (Å²) in [4.78, 5) is 11.6. The second-order valence-corrected chi connectivity index (χ2v) is 5.33. The van der Waals surface area contributed by atoms with Crippen molar-refractivity contribution in [1.82, 2.24) is 4.57 Å². The monoisotopic (exact) mass is 325 g/mol. The predicted molar refractivity (Wildman–Crippen MR) is 67.3 cm³/mol. The second kappa shape index (κ2) is 5.47. The molecule has 102 valence electrons. The molecule has 0 amide bonds. The summed E-state index contributed by atoms with van der Waals surface area (Å²) in [6.45, 7) is 3.90. The number of aryl methyl sites for hydroxylation is 1. The summed E-state index contributed by atoms with van der Waals surface area (Å²) >= 11 is 3.23. The summed E-state index contributed by atoms with van der Waals surface area (Å²) in [7, 11) is 0. The number of alkyl halides is 4. The van der Waals surface area contributed by atoms with Crippen molar-refractivity contribution in [3.05, 3.63) is 23.0 Å². The van der Waals surface area contributed by atoms with E-state index in [2.05, 4.69) is 15.9 Å². The first-order valence-electron chi connectivity index (χ1n) is 5.59. The molecule has 18 heavy (non-hydrogen) atoms. The van der Waals surface area contributed by atoms with E-state index in [1.54, 1.807) is 13.8 Å². The van der Waals surface area contributed by atoms with Gasteiger partial charge in [0.15, 0.2) is 5.78 Å². The van der Waals surface area contributed by atoms with Gasteiger partial charge in [0.1, 0.15) is 6.54 Å². The molecule has 0 aliphatic heterocycles. The molecule has 0 fully saturated rings. The van der Waals surface area contributed by atoms with Crippen LogP contribution < -0.4 is 0 Å². The van der Waals surface area contributed by atoms with E-state index in [4.69, 9.17) is 0 Å². The zero-order valence-electron chi connectivity index (χ0n) is 10.4. The smallest absolute Gasteiger partial charge is 0.339 e. The van der Waals surface area contributed by atoms with Crippen molar-refractivity contribution in [3.8, 4) is 0 Å². The first-order valence-corrected chi connectivity index (χ1v) is 6.50.